The van der Waals surface area contributed by atoms with Crippen LogP contribution in [0.2, 0.25) is 0 Å². The number of carbonyl (C=O) groups is 2. The monoisotopic (exact) mass is 492 g/mol. The topological polar surface area (TPSA) is 74.4 Å². The van der Waals surface area contributed by atoms with Crippen LogP contribution in [-0.4, -0.2) is 44.5 Å². The molecule has 0 saturated carbocycles. The summed E-state index contributed by atoms with van der Waals surface area (Å²) in [5.41, 5.74) is 0.709. The maximum atomic E-state index is 12.9. The Hall–Kier alpha value is -3.24. The summed E-state index contributed by atoms with van der Waals surface area (Å²) in [5, 5.41) is 0. The minimum Gasteiger partial charge on any atom is -0.469 e. The van der Waals surface area contributed by atoms with Gasteiger partial charge in [0.25, 0.3) is 0 Å². The average molecular weight is 493 g/mol. The first-order valence-electron chi connectivity index (χ1n) is 12.5. The third-order valence-corrected chi connectivity index (χ3v) is 5.51. The van der Waals surface area contributed by atoms with Crippen LogP contribution in [0.25, 0.3) is 0 Å². The molecule has 192 valence electrons. The van der Waals surface area contributed by atoms with Crippen LogP contribution in [0.1, 0.15) is 76.4 Å². The van der Waals surface area contributed by atoms with E-state index in [1.165, 1.54) is 27.1 Å². The van der Waals surface area contributed by atoms with Crippen LogP contribution in [0.5, 0.6) is 0 Å². The first-order chi connectivity index (χ1) is 17.6. The number of rotatable bonds is 12. The number of benzene rings is 1. The summed E-state index contributed by atoms with van der Waals surface area (Å²) in [6.45, 7) is 2.16. The highest BCUT2D eigenvalue weighted by Crippen LogP contribution is 2.31. The van der Waals surface area contributed by atoms with Gasteiger partial charge in [-0.2, -0.15) is 0 Å². The maximum absolute atomic E-state index is 12.9. The molecule has 2 rings (SSSR count). The van der Waals surface area contributed by atoms with Crippen LogP contribution in [0.3, 0.4) is 0 Å². The Morgan fingerprint density at radius 3 is 2.44 bits per heavy atom. The van der Waals surface area contributed by atoms with Gasteiger partial charge in [0.2, 0.25) is 0 Å². The number of ether oxygens (including phenoxy) is 4. The molecule has 0 aliphatic carbocycles. The van der Waals surface area contributed by atoms with Gasteiger partial charge in [-0.15, -0.1) is 17.8 Å². The first kappa shape index (κ1) is 29.0. The van der Waals surface area contributed by atoms with Crippen LogP contribution in [-0.2, 0) is 28.5 Å². The zero-order valence-electron chi connectivity index (χ0n) is 21.5. The van der Waals surface area contributed by atoms with E-state index in [1.807, 2.05) is 30.3 Å². The molecule has 0 bridgehead atoms. The number of carbonyl (C=O) groups excluding carboxylic acids is 2. The van der Waals surface area contributed by atoms with Crippen molar-refractivity contribution in [2.75, 3.05) is 14.2 Å². The molecule has 0 unspecified atom stereocenters. The van der Waals surface area contributed by atoms with Crippen molar-refractivity contribution in [2.24, 2.45) is 0 Å². The minimum atomic E-state index is -0.847. The number of epoxide rings is 1. The fraction of sp³-hybridized carbons (Fsp3) is 0.533. The van der Waals surface area contributed by atoms with E-state index in [1.54, 1.807) is 0 Å². The predicted molar refractivity (Wildman–Crippen MR) is 137 cm³/mol. The van der Waals surface area contributed by atoms with E-state index in [4.69, 9.17) is 14.2 Å². The zero-order chi connectivity index (χ0) is 26.0. The van der Waals surface area contributed by atoms with Crippen LogP contribution >= 0.6 is 0 Å². The molecule has 1 aromatic rings. The highest BCUT2D eigenvalue weighted by molar-refractivity contribution is 5.77. The van der Waals surface area contributed by atoms with Crippen molar-refractivity contribution >= 4 is 11.9 Å². The second kappa shape index (κ2) is 17.2. The lowest BCUT2D eigenvalue weighted by Crippen LogP contribution is -2.28. The number of hydrogen-bond acceptors (Lipinski definition) is 6. The highest BCUT2D eigenvalue weighted by atomic mass is 16.6. The van der Waals surface area contributed by atoms with Gasteiger partial charge in [-0.05, 0) is 18.4 Å². The quantitative estimate of drug-likeness (QED) is 0.181. The fourth-order valence-corrected chi connectivity index (χ4v) is 3.44. The molecule has 36 heavy (non-hydrogen) atoms. The van der Waals surface area contributed by atoms with Gasteiger partial charge in [0.15, 0.2) is 12.2 Å². The molecule has 1 aliphatic rings. The van der Waals surface area contributed by atoms with Gasteiger partial charge >= 0.3 is 11.9 Å². The zero-order valence-corrected chi connectivity index (χ0v) is 21.5. The van der Waals surface area contributed by atoms with Crippen LogP contribution in [0.15, 0.2) is 30.3 Å². The molecule has 4 atom stereocenters. The van der Waals surface area contributed by atoms with E-state index in [0.717, 1.165) is 12.8 Å². The lowest BCUT2D eigenvalue weighted by atomic mass is 10.1. The summed E-state index contributed by atoms with van der Waals surface area (Å²) < 4.78 is 21.5. The minimum absolute atomic E-state index is 0.164. The van der Waals surface area contributed by atoms with Gasteiger partial charge in [-0.3, -0.25) is 4.79 Å². The van der Waals surface area contributed by atoms with Gasteiger partial charge < -0.3 is 18.9 Å². The second-order valence-electron chi connectivity index (χ2n) is 8.32. The van der Waals surface area contributed by atoms with Crippen LogP contribution in [0.4, 0.5) is 0 Å². The van der Waals surface area contributed by atoms with Gasteiger partial charge in [0.05, 0.1) is 19.6 Å². The van der Waals surface area contributed by atoms with Crippen molar-refractivity contribution in [3.8, 4) is 35.5 Å². The average Bonchev–Trinajstić information content (AvgIpc) is 3.67. The van der Waals surface area contributed by atoms with E-state index in [0.29, 0.717) is 37.7 Å². The summed E-state index contributed by atoms with van der Waals surface area (Å²) in [6.07, 6.45) is 4.73. The molecular weight excluding hydrogens is 456 g/mol. The molecule has 6 nitrogen and oxygen atoms in total. The number of methoxy groups -OCH3 is 2. The molecule has 6 heteroatoms. The molecule has 1 aromatic carbocycles. The van der Waals surface area contributed by atoms with Crippen molar-refractivity contribution in [1.82, 2.24) is 0 Å². The molecular formula is C30H36O6. The van der Waals surface area contributed by atoms with E-state index < -0.39 is 18.2 Å². The molecule has 0 radical (unpaired) electrons. The Balaban J connectivity index is 1.95. The first-order valence-corrected chi connectivity index (χ1v) is 12.5. The third-order valence-electron chi connectivity index (χ3n) is 5.51. The number of unbranched alkanes of at least 4 members (excludes halogenated alkanes) is 4. The summed E-state index contributed by atoms with van der Waals surface area (Å²) in [4.78, 5) is 24.1. The van der Waals surface area contributed by atoms with Crippen molar-refractivity contribution in [2.45, 2.75) is 89.1 Å². The van der Waals surface area contributed by atoms with Crippen molar-refractivity contribution in [3.63, 3.8) is 0 Å². The highest BCUT2D eigenvalue weighted by Gasteiger charge is 2.46. The second-order valence-corrected chi connectivity index (χ2v) is 8.32. The summed E-state index contributed by atoms with van der Waals surface area (Å²) in [6, 6.07) is 9.19. The predicted octanol–water partition coefficient (Wildman–Crippen LogP) is 4.77. The fourth-order valence-electron chi connectivity index (χ4n) is 3.44. The third kappa shape index (κ3) is 11.0. The van der Waals surface area contributed by atoms with Crippen molar-refractivity contribution < 1.29 is 28.5 Å². The van der Waals surface area contributed by atoms with Gasteiger partial charge in [0.1, 0.15) is 6.10 Å². The number of esters is 2. The lowest BCUT2D eigenvalue weighted by Gasteiger charge is -2.17. The van der Waals surface area contributed by atoms with Gasteiger partial charge in [0, 0.05) is 32.8 Å². The molecule has 1 aliphatic heterocycles. The summed E-state index contributed by atoms with van der Waals surface area (Å²) in [5.74, 6) is 17.6. The van der Waals surface area contributed by atoms with Crippen LogP contribution < -0.4 is 0 Å². The van der Waals surface area contributed by atoms with Crippen LogP contribution in [0, 0.1) is 35.5 Å². The van der Waals surface area contributed by atoms with Gasteiger partial charge in [-0.1, -0.05) is 67.9 Å². The SMILES string of the molecule is CCCCCC#CCC#C[C@H](OC(=O)[C@H](OC)c1ccccc1)[C@H]1O[C@H]1CC#CCCCC(=O)OC. The smallest absolute Gasteiger partial charge is 0.341 e. The summed E-state index contributed by atoms with van der Waals surface area (Å²) in [7, 11) is 2.85. The van der Waals surface area contributed by atoms with E-state index in [-0.39, 0.29) is 18.2 Å². The Morgan fingerprint density at radius 1 is 0.972 bits per heavy atom. The Kier molecular flexibility index (Phi) is 13.9. The largest absolute Gasteiger partial charge is 0.469 e. The number of hydrogen-bond donors (Lipinski definition) is 0. The molecule has 1 fully saturated rings. The standard InChI is InChI=1S/C30H36O6/c1-4-5-6-7-8-9-10-16-22-26(36-30(32)28(34-3)24-19-14-13-15-20-24)29-25(35-29)21-17-11-12-18-23-27(31)33-2/h13-15,19-20,25-26,28-29H,4-7,10,12,18,21,23H2,1-3H3/t25-,26-,28+,29-/m0/s1. The van der Waals surface area contributed by atoms with E-state index >= 15 is 0 Å². The summed E-state index contributed by atoms with van der Waals surface area (Å²) >= 11 is 0. The molecule has 0 aromatic heterocycles. The molecule has 1 saturated heterocycles. The molecule has 1 heterocycles. The molecule has 0 spiro atoms. The van der Waals surface area contributed by atoms with E-state index in [2.05, 4.69) is 47.2 Å². The van der Waals surface area contributed by atoms with Crippen molar-refractivity contribution in [3.05, 3.63) is 35.9 Å². The lowest BCUT2D eigenvalue weighted by molar-refractivity contribution is -0.159. The molecule has 0 amide bonds. The van der Waals surface area contributed by atoms with Gasteiger partial charge in [-0.25, -0.2) is 4.79 Å². The molecule has 0 N–H and O–H groups in total. The Labute approximate surface area is 215 Å². The van der Waals surface area contributed by atoms with Crippen molar-refractivity contribution in [1.29, 1.82) is 0 Å². The van der Waals surface area contributed by atoms with E-state index in [9.17, 15) is 9.59 Å². The Morgan fingerprint density at radius 2 is 1.72 bits per heavy atom. The normalized spacial score (nSPS) is 17.1. The maximum Gasteiger partial charge on any atom is 0.341 e. The Bertz CT molecular complexity index is 998.